The van der Waals surface area contributed by atoms with Gasteiger partial charge in [-0.15, -0.1) is 0 Å². The van der Waals surface area contributed by atoms with Gasteiger partial charge in [-0.25, -0.2) is 22.9 Å². The molecule has 2 fully saturated rings. The standard InChI is InChI=1S/C29H30F3N5O3/c1-17-13-36(16-33-17)24-8-5-18(10-26(24)40-4)9-19-6-7-21-14-35(29(39)34(2)3)15-25(37(21)28(19)38)20-11-22(30)27(32)23(31)12-20/h5,8-13,16,21,25H,6-7,14-15H2,1-4H3/b19-9+. The number of carbonyl (C=O) groups is 2. The fraction of sp³-hybridized carbons (Fsp3) is 0.345. The van der Waals surface area contributed by atoms with Crippen LogP contribution in [0.5, 0.6) is 5.75 Å². The predicted octanol–water partition coefficient (Wildman–Crippen LogP) is 4.72. The van der Waals surface area contributed by atoms with Crippen molar-refractivity contribution >= 4 is 18.0 Å². The fourth-order valence-corrected chi connectivity index (χ4v) is 5.46. The number of rotatable bonds is 4. The van der Waals surface area contributed by atoms with E-state index in [-0.39, 0.29) is 36.6 Å². The van der Waals surface area contributed by atoms with E-state index in [1.807, 2.05) is 35.9 Å². The highest BCUT2D eigenvalue weighted by Gasteiger charge is 2.44. The maximum absolute atomic E-state index is 14.3. The first-order valence-electron chi connectivity index (χ1n) is 12.9. The molecule has 0 radical (unpaired) electrons. The smallest absolute Gasteiger partial charge is 0.319 e. The summed E-state index contributed by atoms with van der Waals surface area (Å²) in [5, 5.41) is 0. The predicted molar refractivity (Wildman–Crippen MR) is 142 cm³/mol. The molecule has 3 heterocycles. The number of imidazole rings is 1. The number of aryl methyl sites for hydroxylation is 1. The molecule has 5 rings (SSSR count). The Morgan fingerprint density at radius 1 is 1.12 bits per heavy atom. The lowest BCUT2D eigenvalue weighted by Gasteiger charge is -2.49. The van der Waals surface area contributed by atoms with E-state index in [9.17, 15) is 22.8 Å². The molecule has 2 aromatic carbocycles. The molecule has 2 aliphatic rings. The van der Waals surface area contributed by atoms with E-state index >= 15 is 0 Å². The summed E-state index contributed by atoms with van der Waals surface area (Å²) in [5.41, 5.74) is 3.01. The molecule has 1 aromatic heterocycles. The number of amides is 3. The van der Waals surface area contributed by atoms with Crippen molar-refractivity contribution in [2.75, 3.05) is 34.3 Å². The number of hydrogen-bond donors (Lipinski definition) is 0. The van der Waals surface area contributed by atoms with Crippen molar-refractivity contribution in [3.05, 3.63) is 82.7 Å². The molecule has 3 amide bonds. The third-order valence-corrected chi connectivity index (χ3v) is 7.39. The number of methoxy groups -OCH3 is 1. The molecule has 2 aliphatic heterocycles. The number of carbonyl (C=O) groups excluding carboxylic acids is 2. The van der Waals surface area contributed by atoms with Crippen LogP contribution in [-0.4, -0.2) is 76.5 Å². The van der Waals surface area contributed by atoms with E-state index in [2.05, 4.69) is 4.98 Å². The van der Waals surface area contributed by atoms with Crippen LogP contribution < -0.4 is 4.74 Å². The first-order chi connectivity index (χ1) is 19.1. The molecule has 40 heavy (non-hydrogen) atoms. The lowest BCUT2D eigenvalue weighted by molar-refractivity contribution is -0.138. The van der Waals surface area contributed by atoms with E-state index in [1.54, 1.807) is 43.4 Å². The summed E-state index contributed by atoms with van der Waals surface area (Å²) in [6.45, 7) is 2.19. The fourth-order valence-electron chi connectivity index (χ4n) is 5.46. The zero-order valence-corrected chi connectivity index (χ0v) is 22.7. The highest BCUT2D eigenvalue weighted by molar-refractivity contribution is 5.99. The summed E-state index contributed by atoms with van der Waals surface area (Å²) < 4.78 is 49.7. The molecule has 0 bridgehead atoms. The SMILES string of the molecule is COc1cc(/C=C2\CCC3CN(C(=O)N(C)C)CC(c4cc(F)c(F)c(F)c4)N3C2=O)ccc1-n1cnc(C)c1. The Bertz CT molecular complexity index is 1480. The molecule has 2 unspecified atom stereocenters. The van der Waals surface area contributed by atoms with Gasteiger partial charge in [0.2, 0.25) is 0 Å². The van der Waals surface area contributed by atoms with Crippen LogP contribution in [0.15, 0.2) is 48.4 Å². The van der Waals surface area contributed by atoms with E-state index in [0.29, 0.717) is 24.2 Å². The number of fused-ring (bicyclic) bond motifs is 1. The normalized spacial score (nSPS) is 20.1. The average Bonchev–Trinajstić information content (AvgIpc) is 3.37. The number of hydrogen-bond acceptors (Lipinski definition) is 4. The Morgan fingerprint density at radius 2 is 1.85 bits per heavy atom. The van der Waals surface area contributed by atoms with Crippen molar-refractivity contribution < 1.29 is 27.5 Å². The van der Waals surface area contributed by atoms with E-state index in [0.717, 1.165) is 29.1 Å². The highest BCUT2D eigenvalue weighted by atomic mass is 19.2. The maximum Gasteiger partial charge on any atom is 0.319 e. The zero-order chi connectivity index (χ0) is 28.7. The number of piperazine rings is 1. The van der Waals surface area contributed by atoms with Gasteiger partial charge in [-0.1, -0.05) is 6.07 Å². The molecular weight excluding hydrogens is 523 g/mol. The quantitative estimate of drug-likeness (QED) is 0.346. The Hall–Kier alpha value is -4.28. The van der Waals surface area contributed by atoms with Crippen LogP contribution >= 0.6 is 0 Å². The monoisotopic (exact) mass is 553 g/mol. The Balaban J connectivity index is 1.50. The molecule has 0 aliphatic carbocycles. The van der Waals surface area contributed by atoms with Crippen molar-refractivity contribution in [3.63, 3.8) is 0 Å². The lowest BCUT2D eigenvalue weighted by Crippen LogP contribution is -2.61. The molecule has 2 atom stereocenters. The third kappa shape index (κ3) is 5.03. The van der Waals surface area contributed by atoms with Crippen LogP contribution in [-0.2, 0) is 4.79 Å². The maximum atomic E-state index is 14.3. The Labute approximate surface area is 230 Å². The number of aromatic nitrogens is 2. The largest absolute Gasteiger partial charge is 0.495 e. The van der Waals surface area contributed by atoms with Gasteiger partial charge in [0, 0.05) is 39.0 Å². The van der Waals surface area contributed by atoms with Gasteiger partial charge in [-0.2, -0.15) is 0 Å². The minimum Gasteiger partial charge on any atom is -0.495 e. The number of piperidine rings is 1. The van der Waals surface area contributed by atoms with Gasteiger partial charge in [0.1, 0.15) is 5.75 Å². The number of benzene rings is 2. The van der Waals surface area contributed by atoms with Crippen molar-refractivity contribution in [1.82, 2.24) is 24.3 Å². The summed E-state index contributed by atoms with van der Waals surface area (Å²) in [4.78, 5) is 35.5. The van der Waals surface area contributed by atoms with Gasteiger partial charge in [0.15, 0.2) is 17.5 Å². The van der Waals surface area contributed by atoms with Crippen molar-refractivity contribution in [2.24, 2.45) is 0 Å². The molecule has 11 heteroatoms. The topological polar surface area (TPSA) is 70.9 Å². The molecule has 2 saturated heterocycles. The van der Waals surface area contributed by atoms with E-state index in [1.165, 1.54) is 4.90 Å². The van der Waals surface area contributed by atoms with Crippen molar-refractivity contribution in [1.29, 1.82) is 0 Å². The Morgan fingerprint density at radius 3 is 2.48 bits per heavy atom. The highest BCUT2D eigenvalue weighted by Crippen LogP contribution is 2.38. The summed E-state index contributed by atoms with van der Waals surface area (Å²) in [5.74, 6) is -3.96. The van der Waals surface area contributed by atoms with Crippen LogP contribution in [0.2, 0.25) is 0 Å². The summed E-state index contributed by atoms with van der Waals surface area (Å²) in [7, 11) is 4.79. The van der Waals surface area contributed by atoms with Crippen molar-refractivity contribution in [3.8, 4) is 11.4 Å². The number of urea groups is 1. The first kappa shape index (κ1) is 27.3. The van der Waals surface area contributed by atoms with Crippen LogP contribution in [0.1, 0.15) is 35.7 Å². The summed E-state index contributed by atoms with van der Waals surface area (Å²) >= 11 is 0. The minimum atomic E-state index is -1.58. The van der Waals surface area contributed by atoms with Gasteiger partial charge in [0.05, 0.1) is 36.9 Å². The second kappa shape index (κ2) is 10.7. The zero-order valence-electron chi connectivity index (χ0n) is 22.7. The number of ether oxygens (including phenoxy) is 1. The van der Waals surface area contributed by atoms with Gasteiger partial charge in [-0.3, -0.25) is 4.79 Å². The average molecular weight is 554 g/mol. The molecule has 210 valence electrons. The molecule has 8 nitrogen and oxygen atoms in total. The second-order valence-electron chi connectivity index (χ2n) is 10.3. The van der Waals surface area contributed by atoms with Crippen LogP contribution in [0.4, 0.5) is 18.0 Å². The summed E-state index contributed by atoms with van der Waals surface area (Å²) in [6.07, 6.45) is 6.35. The van der Waals surface area contributed by atoms with Gasteiger partial charge in [0.25, 0.3) is 5.91 Å². The van der Waals surface area contributed by atoms with E-state index < -0.39 is 23.5 Å². The molecule has 0 saturated carbocycles. The molecule has 0 spiro atoms. The molecule has 3 aromatic rings. The second-order valence-corrected chi connectivity index (χ2v) is 10.3. The van der Waals surface area contributed by atoms with Gasteiger partial charge >= 0.3 is 6.03 Å². The lowest BCUT2D eigenvalue weighted by atomic mass is 9.88. The Kier molecular flexibility index (Phi) is 7.31. The minimum absolute atomic E-state index is 0.0177. The number of nitrogens with zero attached hydrogens (tertiary/aromatic N) is 5. The van der Waals surface area contributed by atoms with Gasteiger partial charge in [-0.05, 0) is 61.2 Å². The van der Waals surface area contributed by atoms with Crippen LogP contribution in [0.25, 0.3) is 11.8 Å². The number of halogens is 3. The van der Waals surface area contributed by atoms with Crippen LogP contribution in [0.3, 0.4) is 0 Å². The van der Waals surface area contributed by atoms with Crippen molar-refractivity contribution in [2.45, 2.75) is 31.8 Å². The summed E-state index contributed by atoms with van der Waals surface area (Å²) in [6, 6.07) is 5.87. The first-order valence-corrected chi connectivity index (χ1v) is 12.9. The van der Waals surface area contributed by atoms with Gasteiger partial charge < -0.3 is 24.0 Å². The third-order valence-electron chi connectivity index (χ3n) is 7.39. The van der Waals surface area contributed by atoms with Crippen LogP contribution in [0, 0.1) is 24.4 Å². The molecular formula is C29H30F3N5O3. The molecule has 0 N–H and O–H groups in total. The van der Waals surface area contributed by atoms with E-state index in [4.69, 9.17) is 4.74 Å².